The van der Waals surface area contributed by atoms with Crippen LogP contribution < -0.4 is 4.72 Å². The van der Waals surface area contributed by atoms with Gasteiger partial charge in [0.1, 0.15) is 4.90 Å². The third kappa shape index (κ3) is 3.28. The van der Waals surface area contributed by atoms with Crippen LogP contribution in [0.1, 0.15) is 0 Å². The molecule has 0 saturated carbocycles. The number of hydrogen-bond acceptors (Lipinski definition) is 4. The summed E-state index contributed by atoms with van der Waals surface area (Å²) in [7, 11) is -3.58. The third-order valence-corrected chi connectivity index (χ3v) is 3.85. The van der Waals surface area contributed by atoms with Crippen molar-refractivity contribution in [2.45, 2.75) is 11.4 Å². The quantitative estimate of drug-likeness (QED) is 0.829. The smallest absolute Gasteiger partial charge is 0.243 e. The molecule has 6 nitrogen and oxygen atoms in total. The first kappa shape index (κ1) is 13.0. The lowest BCUT2D eigenvalue weighted by Gasteiger charge is -2.06. The summed E-state index contributed by atoms with van der Waals surface area (Å²) >= 11 is 5.49. The van der Waals surface area contributed by atoms with Gasteiger partial charge in [0.2, 0.25) is 15.3 Å². The lowest BCUT2D eigenvalue weighted by Crippen LogP contribution is -2.27. The Bertz CT molecular complexity index is 595. The number of hydrogen-bond donors (Lipinski definition) is 1. The number of rotatable bonds is 5. The predicted molar refractivity (Wildman–Crippen MR) is 66.7 cm³/mol. The van der Waals surface area contributed by atoms with E-state index in [0.29, 0.717) is 13.1 Å². The van der Waals surface area contributed by atoms with E-state index in [1.165, 1.54) is 12.4 Å². The minimum atomic E-state index is -3.58. The fourth-order valence-corrected chi connectivity index (χ4v) is 2.36. The van der Waals surface area contributed by atoms with E-state index in [9.17, 15) is 8.42 Å². The molecule has 0 aliphatic rings. The number of halogens is 1. The van der Waals surface area contributed by atoms with Gasteiger partial charge in [0.15, 0.2) is 0 Å². The van der Waals surface area contributed by atoms with Gasteiger partial charge >= 0.3 is 0 Å². The molecule has 0 radical (unpaired) electrons. The summed E-state index contributed by atoms with van der Waals surface area (Å²) in [5.41, 5.74) is 0. The van der Waals surface area contributed by atoms with Gasteiger partial charge in [0.25, 0.3) is 0 Å². The van der Waals surface area contributed by atoms with Crippen molar-refractivity contribution in [1.82, 2.24) is 19.3 Å². The van der Waals surface area contributed by atoms with Gasteiger partial charge in [-0.3, -0.25) is 0 Å². The Morgan fingerprint density at radius 3 is 2.44 bits per heavy atom. The van der Waals surface area contributed by atoms with Gasteiger partial charge in [-0.05, 0) is 23.7 Å². The highest BCUT2D eigenvalue weighted by atomic mass is 35.5. The third-order valence-electron chi connectivity index (χ3n) is 2.24. The Morgan fingerprint density at radius 1 is 1.22 bits per heavy atom. The predicted octanol–water partition coefficient (Wildman–Crippen LogP) is 0.910. The van der Waals surface area contributed by atoms with Crippen LogP contribution in [0.15, 0.2) is 41.8 Å². The molecule has 1 N–H and O–H groups in total. The van der Waals surface area contributed by atoms with Crippen molar-refractivity contribution in [2.75, 3.05) is 6.54 Å². The summed E-state index contributed by atoms with van der Waals surface area (Å²) in [6, 6.07) is 3.75. The molecule has 0 spiro atoms. The summed E-state index contributed by atoms with van der Waals surface area (Å²) in [5.74, 6) is 0. The van der Waals surface area contributed by atoms with Gasteiger partial charge in [-0.1, -0.05) is 0 Å². The molecule has 0 bridgehead atoms. The van der Waals surface area contributed by atoms with Crippen LogP contribution in [-0.4, -0.2) is 29.5 Å². The Kier molecular flexibility index (Phi) is 3.95. The maximum Gasteiger partial charge on any atom is 0.243 e. The van der Waals surface area contributed by atoms with Crippen LogP contribution in [0.2, 0.25) is 5.28 Å². The van der Waals surface area contributed by atoms with Gasteiger partial charge in [0, 0.05) is 25.5 Å². The highest BCUT2D eigenvalue weighted by Gasteiger charge is 2.14. The first-order valence-corrected chi connectivity index (χ1v) is 7.02. The van der Waals surface area contributed by atoms with E-state index in [1.807, 2.05) is 29.1 Å². The zero-order valence-electron chi connectivity index (χ0n) is 9.32. The molecule has 0 aromatic carbocycles. The Balaban J connectivity index is 1.97. The molecule has 2 aromatic rings. The molecule has 8 heteroatoms. The van der Waals surface area contributed by atoms with E-state index in [-0.39, 0.29) is 10.2 Å². The highest BCUT2D eigenvalue weighted by Crippen LogP contribution is 2.07. The van der Waals surface area contributed by atoms with Crippen LogP contribution in [-0.2, 0) is 16.6 Å². The van der Waals surface area contributed by atoms with Crippen LogP contribution in [0.25, 0.3) is 0 Å². The van der Waals surface area contributed by atoms with Crippen molar-refractivity contribution in [3.63, 3.8) is 0 Å². The minimum Gasteiger partial charge on any atom is -0.353 e. The van der Waals surface area contributed by atoms with Crippen LogP contribution in [0.4, 0.5) is 0 Å². The van der Waals surface area contributed by atoms with Crippen molar-refractivity contribution >= 4 is 21.6 Å². The Morgan fingerprint density at radius 2 is 1.83 bits per heavy atom. The molecule has 0 aliphatic heterocycles. The molecule has 2 rings (SSSR count). The number of nitrogens with one attached hydrogen (secondary N) is 1. The first-order chi connectivity index (χ1) is 8.58. The summed E-state index contributed by atoms with van der Waals surface area (Å²) < 4.78 is 28.0. The maximum atomic E-state index is 11.8. The molecule has 0 atom stereocenters. The van der Waals surface area contributed by atoms with Crippen molar-refractivity contribution in [2.24, 2.45) is 0 Å². The second-order valence-electron chi connectivity index (χ2n) is 3.51. The van der Waals surface area contributed by atoms with Gasteiger partial charge < -0.3 is 4.57 Å². The summed E-state index contributed by atoms with van der Waals surface area (Å²) in [5, 5.41) is 0.0151. The molecular formula is C10H11ClN4O2S. The SMILES string of the molecule is O=S(=O)(NCCn1cccc1)c1cnc(Cl)nc1. The van der Waals surface area contributed by atoms with Crippen molar-refractivity contribution < 1.29 is 8.42 Å². The molecule has 0 amide bonds. The molecule has 2 aromatic heterocycles. The van der Waals surface area contributed by atoms with E-state index < -0.39 is 10.0 Å². The van der Waals surface area contributed by atoms with Gasteiger partial charge in [-0.2, -0.15) is 0 Å². The zero-order valence-corrected chi connectivity index (χ0v) is 10.9. The molecule has 0 unspecified atom stereocenters. The molecule has 18 heavy (non-hydrogen) atoms. The summed E-state index contributed by atoms with van der Waals surface area (Å²) in [4.78, 5) is 7.27. The number of sulfonamides is 1. The van der Waals surface area contributed by atoms with Gasteiger partial charge in [-0.25, -0.2) is 23.1 Å². The van der Waals surface area contributed by atoms with E-state index in [0.717, 1.165) is 0 Å². The van der Waals surface area contributed by atoms with Gasteiger partial charge in [0.05, 0.1) is 12.4 Å². The average Bonchev–Trinajstić information content (AvgIpc) is 2.82. The average molecular weight is 287 g/mol. The maximum absolute atomic E-state index is 11.8. The lowest BCUT2D eigenvalue weighted by atomic mass is 10.6. The molecule has 0 aliphatic carbocycles. The Hall–Kier alpha value is -1.44. The van der Waals surface area contributed by atoms with E-state index >= 15 is 0 Å². The van der Waals surface area contributed by atoms with E-state index in [2.05, 4.69) is 14.7 Å². The highest BCUT2D eigenvalue weighted by molar-refractivity contribution is 7.89. The van der Waals surface area contributed by atoms with E-state index in [1.54, 1.807) is 0 Å². The number of nitrogens with zero attached hydrogens (tertiary/aromatic N) is 3. The van der Waals surface area contributed by atoms with E-state index in [4.69, 9.17) is 11.6 Å². The normalized spacial score (nSPS) is 11.6. The lowest BCUT2D eigenvalue weighted by molar-refractivity contribution is 0.572. The van der Waals surface area contributed by atoms with Crippen LogP contribution in [0, 0.1) is 0 Å². The van der Waals surface area contributed by atoms with Gasteiger partial charge in [-0.15, -0.1) is 0 Å². The fourth-order valence-electron chi connectivity index (χ4n) is 1.35. The number of aromatic nitrogens is 3. The van der Waals surface area contributed by atoms with Crippen LogP contribution in [0.5, 0.6) is 0 Å². The summed E-state index contributed by atoms with van der Waals surface area (Å²) in [6.07, 6.45) is 6.07. The second-order valence-corrected chi connectivity index (χ2v) is 5.61. The summed E-state index contributed by atoms with van der Waals surface area (Å²) in [6.45, 7) is 0.848. The second kappa shape index (κ2) is 5.47. The van der Waals surface area contributed by atoms with Crippen molar-refractivity contribution in [3.05, 3.63) is 42.2 Å². The minimum absolute atomic E-state index is 0.000550. The van der Waals surface area contributed by atoms with Crippen LogP contribution >= 0.6 is 11.6 Å². The molecule has 96 valence electrons. The largest absolute Gasteiger partial charge is 0.353 e. The van der Waals surface area contributed by atoms with Crippen molar-refractivity contribution in [3.8, 4) is 0 Å². The standard InChI is InChI=1S/C10H11ClN4O2S/c11-10-12-7-9(8-13-10)18(16,17)14-3-6-15-4-1-2-5-15/h1-2,4-5,7-8,14H,3,6H2. The molecular weight excluding hydrogens is 276 g/mol. The topological polar surface area (TPSA) is 76.9 Å². The molecule has 2 heterocycles. The fraction of sp³-hybridized carbons (Fsp3) is 0.200. The zero-order chi connectivity index (χ0) is 13.0. The Labute approximate surface area is 110 Å². The first-order valence-electron chi connectivity index (χ1n) is 5.16. The van der Waals surface area contributed by atoms with Crippen LogP contribution in [0.3, 0.4) is 0 Å². The van der Waals surface area contributed by atoms with Crippen molar-refractivity contribution in [1.29, 1.82) is 0 Å². The molecule has 0 fully saturated rings. The monoisotopic (exact) mass is 286 g/mol. The molecule has 0 saturated heterocycles.